The van der Waals surface area contributed by atoms with E-state index in [-0.39, 0.29) is 5.75 Å². The number of halogens is 3. The first-order chi connectivity index (χ1) is 7.94. The second-order valence-corrected chi connectivity index (χ2v) is 5.19. The number of ether oxygens (including phenoxy) is 1. The van der Waals surface area contributed by atoms with Crippen LogP contribution >= 0.6 is 23.1 Å². The highest BCUT2D eigenvalue weighted by Gasteiger charge is 2.29. The van der Waals surface area contributed by atoms with Gasteiger partial charge in [-0.15, -0.1) is 11.8 Å². The van der Waals surface area contributed by atoms with Crippen molar-refractivity contribution in [2.45, 2.75) is 17.8 Å². The van der Waals surface area contributed by atoms with Crippen LogP contribution in [-0.4, -0.2) is 25.0 Å². The Bertz CT molecular complexity index is 349. The average Bonchev–Trinajstić information content (AvgIpc) is 2.75. The second-order valence-electron chi connectivity index (χ2n) is 3.20. The van der Waals surface area contributed by atoms with E-state index < -0.39 is 23.8 Å². The highest BCUT2D eigenvalue weighted by atomic mass is 32.2. The van der Waals surface area contributed by atoms with E-state index in [0.29, 0.717) is 5.56 Å². The average molecular weight is 284 g/mol. The van der Waals surface area contributed by atoms with Crippen molar-refractivity contribution < 1.29 is 22.7 Å². The van der Waals surface area contributed by atoms with Gasteiger partial charge in [-0.3, -0.25) is 4.79 Å². The van der Waals surface area contributed by atoms with Gasteiger partial charge < -0.3 is 4.74 Å². The third-order valence-electron chi connectivity index (χ3n) is 1.93. The van der Waals surface area contributed by atoms with Gasteiger partial charge in [0.15, 0.2) is 0 Å². The van der Waals surface area contributed by atoms with Crippen LogP contribution in [-0.2, 0) is 9.53 Å². The molecule has 1 rings (SSSR count). The van der Waals surface area contributed by atoms with Gasteiger partial charge in [-0.2, -0.15) is 24.5 Å². The molecule has 0 aromatic carbocycles. The van der Waals surface area contributed by atoms with E-state index in [1.165, 1.54) is 18.4 Å². The molecule has 17 heavy (non-hydrogen) atoms. The van der Waals surface area contributed by atoms with E-state index in [0.717, 1.165) is 11.8 Å². The Morgan fingerprint density at radius 3 is 2.76 bits per heavy atom. The maximum absolute atomic E-state index is 12.0. The molecule has 0 N–H and O–H groups in total. The number of hydrogen-bond acceptors (Lipinski definition) is 4. The molecule has 96 valence electrons. The molecule has 0 fully saturated rings. The zero-order chi connectivity index (χ0) is 12.9. The summed E-state index contributed by atoms with van der Waals surface area (Å²) in [6, 6.07) is 1.72. The lowest BCUT2D eigenvalue weighted by atomic mass is 10.2. The highest BCUT2D eigenvalue weighted by molar-refractivity contribution is 8.00. The van der Waals surface area contributed by atoms with Gasteiger partial charge in [0, 0.05) is 5.75 Å². The molecule has 0 aliphatic rings. The number of thiophene rings is 1. The summed E-state index contributed by atoms with van der Waals surface area (Å²) >= 11 is 2.34. The largest absolute Gasteiger partial charge is 0.468 e. The Kier molecular flexibility index (Phi) is 5.32. The predicted molar refractivity (Wildman–Crippen MR) is 62.2 cm³/mol. The van der Waals surface area contributed by atoms with Gasteiger partial charge in [0.2, 0.25) is 0 Å². The zero-order valence-corrected chi connectivity index (χ0v) is 10.6. The summed E-state index contributed by atoms with van der Waals surface area (Å²) in [6.07, 6.45) is -5.10. The molecule has 0 saturated heterocycles. The van der Waals surface area contributed by atoms with Crippen LogP contribution in [0, 0.1) is 0 Å². The topological polar surface area (TPSA) is 26.3 Å². The summed E-state index contributed by atoms with van der Waals surface area (Å²) in [4.78, 5) is 11.4. The van der Waals surface area contributed by atoms with Crippen LogP contribution in [0.2, 0.25) is 0 Å². The van der Waals surface area contributed by atoms with Crippen molar-refractivity contribution >= 4 is 29.1 Å². The maximum atomic E-state index is 12.0. The normalized spacial score (nSPS) is 13.4. The van der Waals surface area contributed by atoms with Gasteiger partial charge in [0.25, 0.3) is 0 Å². The van der Waals surface area contributed by atoms with Gasteiger partial charge >= 0.3 is 12.1 Å². The summed E-state index contributed by atoms with van der Waals surface area (Å²) in [5.41, 5.74) is 0.689. The number of hydrogen-bond donors (Lipinski definition) is 0. The van der Waals surface area contributed by atoms with Crippen LogP contribution in [0.4, 0.5) is 13.2 Å². The summed E-state index contributed by atoms with van der Waals surface area (Å²) in [7, 11) is 1.23. The molecular weight excluding hydrogens is 273 g/mol. The predicted octanol–water partition coefficient (Wildman–Crippen LogP) is 3.65. The summed E-state index contributed by atoms with van der Waals surface area (Å²) in [6.45, 7) is 0. The first-order valence-corrected chi connectivity index (χ1v) is 6.71. The first-order valence-electron chi connectivity index (χ1n) is 4.72. The van der Waals surface area contributed by atoms with E-state index in [1.54, 1.807) is 16.8 Å². The van der Waals surface area contributed by atoms with Gasteiger partial charge in [0.05, 0.1) is 13.5 Å². The van der Waals surface area contributed by atoms with E-state index in [2.05, 4.69) is 4.74 Å². The molecule has 1 atom stereocenters. The molecule has 0 radical (unpaired) electrons. The Morgan fingerprint density at radius 1 is 1.59 bits per heavy atom. The van der Waals surface area contributed by atoms with Crippen molar-refractivity contribution in [3.05, 3.63) is 22.4 Å². The maximum Gasteiger partial charge on any atom is 0.389 e. The smallest absolute Gasteiger partial charge is 0.389 e. The Morgan fingerprint density at radius 2 is 2.29 bits per heavy atom. The number of carbonyl (C=O) groups is 1. The Balaban J connectivity index is 2.57. The monoisotopic (exact) mass is 284 g/mol. The summed E-state index contributed by atoms with van der Waals surface area (Å²) in [5, 5.41) is 2.84. The number of alkyl halides is 3. The van der Waals surface area contributed by atoms with E-state index in [1.807, 2.05) is 0 Å². The second kappa shape index (κ2) is 6.30. The molecule has 7 heteroatoms. The molecule has 0 aliphatic heterocycles. The highest BCUT2D eigenvalue weighted by Crippen LogP contribution is 2.34. The van der Waals surface area contributed by atoms with Crippen molar-refractivity contribution in [3.8, 4) is 0 Å². The zero-order valence-electron chi connectivity index (χ0n) is 8.99. The number of esters is 1. The van der Waals surface area contributed by atoms with E-state index in [9.17, 15) is 18.0 Å². The molecule has 1 aromatic heterocycles. The van der Waals surface area contributed by atoms with Crippen LogP contribution in [0.15, 0.2) is 16.8 Å². The Hall–Kier alpha value is -0.690. The minimum Gasteiger partial charge on any atom is -0.468 e. The first kappa shape index (κ1) is 14.4. The minimum atomic E-state index is -4.19. The third kappa shape index (κ3) is 4.99. The molecule has 0 unspecified atom stereocenters. The van der Waals surface area contributed by atoms with Crippen molar-refractivity contribution in [1.82, 2.24) is 0 Å². The number of thioether (sulfide) groups is 1. The third-order valence-corrected chi connectivity index (χ3v) is 3.87. The standard InChI is InChI=1S/C10H11F3O2S2/c1-15-9(14)8(7-2-4-16-6-7)17-5-3-10(11,12)13/h2,4,6,8H,3,5H2,1H3/t8-/m1/s1. The molecule has 0 amide bonds. The molecule has 0 bridgehead atoms. The van der Waals surface area contributed by atoms with Crippen LogP contribution < -0.4 is 0 Å². The van der Waals surface area contributed by atoms with Gasteiger partial charge in [-0.1, -0.05) is 0 Å². The minimum absolute atomic E-state index is 0.154. The number of methoxy groups -OCH3 is 1. The van der Waals surface area contributed by atoms with Crippen molar-refractivity contribution in [2.75, 3.05) is 12.9 Å². The fourth-order valence-corrected chi connectivity index (χ4v) is 3.05. The van der Waals surface area contributed by atoms with Crippen molar-refractivity contribution in [2.24, 2.45) is 0 Å². The van der Waals surface area contributed by atoms with Crippen LogP contribution in [0.3, 0.4) is 0 Å². The van der Waals surface area contributed by atoms with Crippen molar-refractivity contribution in [3.63, 3.8) is 0 Å². The van der Waals surface area contributed by atoms with E-state index >= 15 is 0 Å². The number of carbonyl (C=O) groups excluding carboxylic acids is 1. The quantitative estimate of drug-likeness (QED) is 0.772. The SMILES string of the molecule is COC(=O)[C@H](SCCC(F)(F)F)c1ccsc1. The van der Waals surface area contributed by atoms with Crippen molar-refractivity contribution in [1.29, 1.82) is 0 Å². The fraction of sp³-hybridized carbons (Fsp3) is 0.500. The molecule has 0 spiro atoms. The van der Waals surface area contributed by atoms with Gasteiger partial charge in [0.1, 0.15) is 5.25 Å². The lowest BCUT2D eigenvalue weighted by Crippen LogP contribution is -2.13. The van der Waals surface area contributed by atoms with E-state index in [4.69, 9.17) is 0 Å². The lowest BCUT2D eigenvalue weighted by Gasteiger charge is -2.13. The van der Waals surface area contributed by atoms with Crippen LogP contribution in [0.5, 0.6) is 0 Å². The lowest BCUT2D eigenvalue weighted by molar-refractivity contribution is -0.140. The molecule has 0 aliphatic carbocycles. The molecule has 0 saturated carbocycles. The fourth-order valence-electron chi connectivity index (χ4n) is 1.12. The summed E-state index contributed by atoms with van der Waals surface area (Å²) in [5.74, 6) is -0.672. The Labute approximate surface area is 105 Å². The molecular formula is C10H11F3O2S2. The van der Waals surface area contributed by atoms with Gasteiger partial charge in [-0.05, 0) is 22.4 Å². The van der Waals surface area contributed by atoms with Crippen LogP contribution in [0.1, 0.15) is 17.2 Å². The van der Waals surface area contributed by atoms with Gasteiger partial charge in [-0.25, -0.2) is 0 Å². The molecule has 2 nitrogen and oxygen atoms in total. The molecule has 1 heterocycles. The summed E-state index contributed by atoms with van der Waals surface area (Å²) < 4.78 is 40.6. The molecule has 1 aromatic rings. The van der Waals surface area contributed by atoms with Crippen LogP contribution in [0.25, 0.3) is 0 Å². The number of rotatable bonds is 5.